The van der Waals surface area contributed by atoms with Crippen LogP contribution in [0.4, 0.5) is 0 Å². The van der Waals surface area contributed by atoms with Crippen LogP contribution in [0.15, 0.2) is 52.9 Å². The third-order valence-corrected chi connectivity index (χ3v) is 5.68. The van der Waals surface area contributed by atoms with Gasteiger partial charge in [-0.2, -0.15) is 5.10 Å². The number of aryl methyl sites for hydroxylation is 1. The Labute approximate surface area is 191 Å². The van der Waals surface area contributed by atoms with Crippen molar-refractivity contribution in [2.24, 2.45) is 0 Å². The molecule has 1 atom stereocenters. The number of nitrogens with one attached hydrogen (secondary N) is 1. The van der Waals surface area contributed by atoms with Crippen molar-refractivity contribution in [2.75, 3.05) is 6.61 Å². The van der Waals surface area contributed by atoms with Gasteiger partial charge >= 0.3 is 5.97 Å². The molecule has 33 heavy (non-hydrogen) atoms. The van der Waals surface area contributed by atoms with Gasteiger partial charge < -0.3 is 19.4 Å². The zero-order chi connectivity index (χ0) is 23.6. The Morgan fingerprint density at radius 1 is 1.21 bits per heavy atom. The number of hydrogen-bond donors (Lipinski definition) is 1. The maximum Gasteiger partial charge on any atom is 0.358 e. The third kappa shape index (κ3) is 4.39. The first kappa shape index (κ1) is 22.3. The van der Waals surface area contributed by atoms with Gasteiger partial charge in [0, 0.05) is 12.6 Å². The van der Waals surface area contributed by atoms with E-state index in [0.717, 1.165) is 5.56 Å². The molecule has 1 aromatic carbocycles. The molecule has 1 aliphatic rings. The second-order valence-electron chi connectivity index (χ2n) is 8.14. The molecule has 0 saturated carbocycles. The fraction of sp³-hybridized carbons (Fsp3) is 0.333. The lowest BCUT2D eigenvalue weighted by atomic mass is 9.94. The molecule has 2 aromatic heterocycles. The van der Waals surface area contributed by atoms with E-state index in [2.05, 4.69) is 10.4 Å². The number of carbonyl (C=O) groups is 3. The van der Waals surface area contributed by atoms with Crippen LogP contribution in [0.5, 0.6) is 0 Å². The van der Waals surface area contributed by atoms with E-state index in [9.17, 15) is 14.4 Å². The molecule has 0 saturated heterocycles. The highest BCUT2D eigenvalue weighted by Crippen LogP contribution is 2.30. The number of carbonyl (C=O) groups excluding carboxylic acids is 3. The standard InChI is InChI=1S/C24H26N4O5/c1-4-32-22(30)19-12-20-21(29)27(14-18-11-10-16(2)33-18)24(3,15-28(20)26-19)23(31)25-13-17-8-6-5-7-9-17/h5-12H,4,13-15H2,1-3H3,(H,25,31)/t24-/m1/s1. The van der Waals surface area contributed by atoms with Crippen LogP contribution in [0.25, 0.3) is 0 Å². The Kier molecular flexibility index (Phi) is 6.04. The van der Waals surface area contributed by atoms with Gasteiger partial charge in [-0.3, -0.25) is 14.3 Å². The van der Waals surface area contributed by atoms with Crippen LogP contribution < -0.4 is 5.32 Å². The number of aromatic nitrogens is 2. The van der Waals surface area contributed by atoms with Crippen molar-refractivity contribution in [2.45, 2.75) is 45.9 Å². The van der Waals surface area contributed by atoms with Crippen molar-refractivity contribution < 1.29 is 23.5 Å². The first-order valence-electron chi connectivity index (χ1n) is 10.8. The molecule has 0 radical (unpaired) electrons. The first-order chi connectivity index (χ1) is 15.8. The smallest absolute Gasteiger partial charge is 0.358 e. The molecule has 172 valence electrons. The van der Waals surface area contributed by atoms with Gasteiger partial charge in [-0.05, 0) is 38.5 Å². The number of rotatable bonds is 7. The summed E-state index contributed by atoms with van der Waals surface area (Å²) in [6.45, 7) is 5.88. The van der Waals surface area contributed by atoms with Crippen LogP contribution in [0, 0.1) is 6.92 Å². The topological polar surface area (TPSA) is 107 Å². The summed E-state index contributed by atoms with van der Waals surface area (Å²) in [5.41, 5.74) is -0.0795. The van der Waals surface area contributed by atoms with Crippen LogP contribution in [0.1, 0.15) is 51.9 Å². The van der Waals surface area contributed by atoms with Crippen LogP contribution in [-0.4, -0.2) is 44.6 Å². The Morgan fingerprint density at radius 3 is 2.64 bits per heavy atom. The van der Waals surface area contributed by atoms with Crippen molar-refractivity contribution in [1.82, 2.24) is 20.0 Å². The van der Waals surface area contributed by atoms with Gasteiger partial charge in [0.25, 0.3) is 5.91 Å². The van der Waals surface area contributed by atoms with Crippen molar-refractivity contribution >= 4 is 17.8 Å². The molecular weight excluding hydrogens is 424 g/mol. The summed E-state index contributed by atoms with van der Waals surface area (Å²) in [7, 11) is 0. The largest absolute Gasteiger partial charge is 0.464 e. The maximum absolute atomic E-state index is 13.5. The predicted octanol–water partition coefficient (Wildman–Crippen LogP) is 2.69. The minimum absolute atomic E-state index is 0.0305. The highest BCUT2D eigenvalue weighted by Gasteiger charge is 2.48. The van der Waals surface area contributed by atoms with Crippen molar-refractivity contribution in [1.29, 1.82) is 0 Å². The number of amides is 2. The summed E-state index contributed by atoms with van der Waals surface area (Å²) in [4.78, 5) is 40.6. The third-order valence-electron chi connectivity index (χ3n) is 5.68. The van der Waals surface area contributed by atoms with E-state index in [1.807, 2.05) is 37.3 Å². The fourth-order valence-corrected chi connectivity index (χ4v) is 3.89. The van der Waals surface area contributed by atoms with E-state index in [-0.39, 0.29) is 37.0 Å². The number of furan rings is 1. The summed E-state index contributed by atoms with van der Waals surface area (Å²) >= 11 is 0. The number of fused-ring (bicyclic) bond motifs is 1. The molecule has 2 amide bonds. The van der Waals surface area contributed by atoms with E-state index < -0.39 is 17.4 Å². The van der Waals surface area contributed by atoms with Crippen LogP contribution >= 0.6 is 0 Å². The lowest BCUT2D eigenvalue weighted by Crippen LogP contribution is -2.63. The van der Waals surface area contributed by atoms with Gasteiger partial charge in [0.2, 0.25) is 5.91 Å². The molecule has 0 fully saturated rings. The van der Waals surface area contributed by atoms with Crippen molar-refractivity contribution in [3.05, 3.63) is 77.0 Å². The highest BCUT2D eigenvalue weighted by atomic mass is 16.5. The summed E-state index contributed by atoms with van der Waals surface area (Å²) in [6, 6.07) is 14.5. The Balaban J connectivity index is 1.66. The van der Waals surface area contributed by atoms with E-state index in [0.29, 0.717) is 18.1 Å². The Hall–Kier alpha value is -3.88. The van der Waals surface area contributed by atoms with Crippen LogP contribution in [0.3, 0.4) is 0 Å². The predicted molar refractivity (Wildman–Crippen MR) is 118 cm³/mol. The number of nitrogens with zero attached hydrogens (tertiary/aromatic N) is 3. The molecule has 4 rings (SSSR count). The summed E-state index contributed by atoms with van der Waals surface area (Å²) in [5, 5.41) is 7.19. The van der Waals surface area contributed by atoms with Gasteiger partial charge in [-0.1, -0.05) is 30.3 Å². The molecule has 0 unspecified atom stereocenters. The van der Waals surface area contributed by atoms with Gasteiger partial charge in [0.15, 0.2) is 5.69 Å². The minimum Gasteiger partial charge on any atom is -0.464 e. The second kappa shape index (κ2) is 8.93. The maximum atomic E-state index is 13.5. The minimum atomic E-state index is -1.27. The molecule has 3 aromatic rings. The number of benzene rings is 1. The summed E-state index contributed by atoms with van der Waals surface area (Å²) in [6.07, 6.45) is 0. The first-order valence-corrected chi connectivity index (χ1v) is 10.8. The molecule has 1 N–H and O–H groups in total. The average molecular weight is 450 g/mol. The SMILES string of the molecule is CCOC(=O)c1cc2n(n1)C[C@](C)(C(=O)NCc1ccccc1)N(Cc1ccc(C)o1)C2=O. The van der Waals surface area contributed by atoms with Crippen LogP contribution in [-0.2, 0) is 29.2 Å². The lowest BCUT2D eigenvalue weighted by molar-refractivity contribution is -0.133. The van der Waals surface area contributed by atoms with E-state index in [4.69, 9.17) is 9.15 Å². The number of hydrogen-bond acceptors (Lipinski definition) is 6. The molecule has 9 heteroatoms. The lowest BCUT2D eigenvalue weighted by Gasteiger charge is -2.42. The normalized spacial score (nSPS) is 17.5. The monoisotopic (exact) mass is 450 g/mol. The Bertz CT molecular complexity index is 1180. The molecule has 1 aliphatic heterocycles. The fourth-order valence-electron chi connectivity index (χ4n) is 3.89. The summed E-state index contributed by atoms with van der Waals surface area (Å²) < 4.78 is 12.1. The Morgan fingerprint density at radius 2 is 1.97 bits per heavy atom. The van der Waals surface area contributed by atoms with E-state index >= 15 is 0 Å². The van der Waals surface area contributed by atoms with Gasteiger partial charge in [-0.15, -0.1) is 0 Å². The highest BCUT2D eigenvalue weighted by molar-refractivity contribution is 6.01. The molecule has 0 bridgehead atoms. The van der Waals surface area contributed by atoms with Crippen LogP contribution in [0.2, 0.25) is 0 Å². The zero-order valence-corrected chi connectivity index (χ0v) is 18.8. The van der Waals surface area contributed by atoms with E-state index in [1.165, 1.54) is 15.6 Å². The molecule has 0 aliphatic carbocycles. The number of esters is 1. The quantitative estimate of drug-likeness (QED) is 0.555. The van der Waals surface area contributed by atoms with Gasteiger partial charge in [0.05, 0.1) is 19.7 Å². The molecule has 0 spiro atoms. The van der Waals surface area contributed by atoms with Gasteiger partial charge in [0.1, 0.15) is 22.8 Å². The molecular formula is C24H26N4O5. The zero-order valence-electron chi connectivity index (χ0n) is 18.8. The average Bonchev–Trinajstić information content (AvgIpc) is 3.42. The second-order valence-corrected chi connectivity index (χ2v) is 8.14. The van der Waals surface area contributed by atoms with Crippen molar-refractivity contribution in [3.63, 3.8) is 0 Å². The summed E-state index contributed by atoms with van der Waals surface area (Å²) in [5.74, 6) is -0.103. The molecule has 9 nitrogen and oxygen atoms in total. The van der Waals surface area contributed by atoms with Crippen molar-refractivity contribution in [3.8, 4) is 0 Å². The van der Waals surface area contributed by atoms with Gasteiger partial charge in [-0.25, -0.2) is 4.79 Å². The number of ether oxygens (including phenoxy) is 1. The van der Waals surface area contributed by atoms with E-state index in [1.54, 1.807) is 26.0 Å². The molecule has 3 heterocycles.